The van der Waals surface area contributed by atoms with Crippen LogP contribution >= 0.6 is 0 Å². The second-order valence-corrected chi connectivity index (χ2v) is 8.52. The Morgan fingerprint density at radius 1 is 1.08 bits per heavy atom. The van der Waals surface area contributed by atoms with Crippen LogP contribution in [0.25, 0.3) is 0 Å². The van der Waals surface area contributed by atoms with Gasteiger partial charge in [-0.3, -0.25) is 14.6 Å². The molecule has 1 atom stereocenters. The number of methoxy groups -OCH3 is 2. The van der Waals surface area contributed by atoms with E-state index in [1.165, 1.54) is 6.20 Å². The van der Waals surface area contributed by atoms with Crippen molar-refractivity contribution in [1.82, 2.24) is 9.99 Å². The van der Waals surface area contributed by atoms with Crippen LogP contribution in [0.3, 0.4) is 0 Å². The molecule has 0 saturated carbocycles. The lowest BCUT2D eigenvalue weighted by molar-refractivity contribution is -0.132. The number of rotatable bonds is 9. The van der Waals surface area contributed by atoms with Gasteiger partial charge in [-0.2, -0.15) is 5.10 Å². The molecule has 0 aliphatic carbocycles. The summed E-state index contributed by atoms with van der Waals surface area (Å²) in [6.45, 7) is 2.53. The zero-order chi connectivity index (χ0) is 25.5. The van der Waals surface area contributed by atoms with E-state index in [0.29, 0.717) is 42.1 Å². The minimum atomic E-state index is -0.211. The standard InChI is InChI=1S/C28H30N4O4/c1-4-20-17-26(33)32(31-27(20)21-9-12-24(35-2)25(16-21)36-3)15-13-19-7-10-23(11-8-19)30-28(34)22-6-5-14-29-18-22/h5-12,14,16,18,20H,4,13,15,17H2,1-3H3,(H,30,34). The minimum Gasteiger partial charge on any atom is -0.493 e. The summed E-state index contributed by atoms with van der Waals surface area (Å²) in [6.07, 6.45) is 5.03. The van der Waals surface area contributed by atoms with Crippen LogP contribution in [0.15, 0.2) is 72.1 Å². The molecule has 1 N–H and O–H groups in total. The summed E-state index contributed by atoms with van der Waals surface area (Å²) in [5.74, 6) is 1.14. The van der Waals surface area contributed by atoms with Crippen molar-refractivity contribution in [3.63, 3.8) is 0 Å². The Labute approximate surface area is 210 Å². The topological polar surface area (TPSA) is 93.1 Å². The van der Waals surface area contributed by atoms with Gasteiger partial charge in [0.05, 0.1) is 25.5 Å². The predicted molar refractivity (Wildman–Crippen MR) is 139 cm³/mol. The highest BCUT2D eigenvalue weighted by molar-refractivity contribution is 6.06. The Bertz CT molecular complexity index is 1240. The molecule has 0 radical (unpaired) electrons. The highest BCUT2D eigenvalue weighted by Crippen LogP contribution is 2.31. The predicted octanol–water partition coefficient (Wildman–Crippen LogP) is 4.56. The van der Waals surface area contributed by atoms with Crippen molar-refractivity contribution in [3.05, 3.63) is 83.7 Å². The molecule has 0 spiro atoms. The van der Waals surface area contributed by atoms with Gasteiger partial charge in [0.15, 0.2) is 11.5 Å². The van der Waals surface area contributed by atoms with Crippen molar-refractivity contribution in [2.45, 2.75) is 26.2 Å². The third kappa shape index (κ3) is 5.71. The molecule has 0 saturated heterocycles. The van der Waals surface area contributed by atoms with E-state index in [9.17, 15) is 9.59 Å². The molecular weight excluding hydrogens is 456 g/mol. The van der Waals surface area contributed by atoms with E-state index in [4.69, 9.17) is 14.6 Å². The first kappa shape index (κ1) is 24.9. The van der Waals surface area contributed by atoms with Crippen molar-refractivity contribution in [3.8, 4) is 11.5 Å². The van der Waals surface area contributed by atoms with E-state index in [1.807, 2.05) is 42.5 Å². The normalized spacial score (nSPS) is 15.3. The van der Waals surface area contributed by atoms with Gasteiger partial charge in [-0.05, 0) is 60.9 Å². The first-order chi connectivity index (χ1) is 17.5. The van der Waals surface area contributed by atoms with E-state index in [-0.39, 0.29) is 17.7 Å². The quantitative estimate of drug-likeness (QED) is 0.479. The van der Waals surface area contributed by atoms with Gasteiger partial charge in [0.2, 0.25) is 5.91 Å². The third-order valence-electron chi connectivity index (χ3n) is 6.24. The van der Waals surface area contributed by atoms with Crippen LogP contribution in [0.2, 0.25) is 0 Å². The van der Waals surface area contributed by atoms with Crippen LogP contribution in [0, 0.1) is 5.92 Å². The monoisotopic (exact) mass is 486 g/mol. The average Bonchev–Trinajstić information content (AvgIpc) is 2.93. The van der Waals surface area contributed by atoms with Crippen molar-refractivity contribution in [2.24, 2.45) is 11.0 Å². The molecule has 3 aromatic rings. The second kappa shape index (κ2) is 11.5. The van der Waals surface area contributed by atoms with Crippen LogP contribution < -0.4 is 14.8 Å². The molecule has 0 fully saturated rings. The van der Waals surface area contributed by atoms with E-state index >= 15 is 0 Å². The summed E-state index contributed by atoms with van der Waals surface area (Å²) in [4.78, 5) is 29.1. The number of aromatic nitrogens is 1. The molecule has 36 heavy (non-hydrogen) atoms. The maximum atomic E-state index is 12.8. The molecule has 4 rings (SSSR count). The Morgan fingerprint density at radius 2 is 1.86 bits per heavy atom. The van der Waals surface area contributed by atoms with Crippen molar-refractivity contribution in [2.75, 3.05) is 26.1 Å². The van der Waals surface area contributed by atoms with Gasteiger partial charge in [0, 0.05) is 42.5 Å². The summed E-state index contributed by atoms with van der Waals surface area (Å²) in [5, 5.41) is 9.19. The lowest BCUT2D eigenvalue weighted by Gasteiger charge is -2.29. The molecule has 186 valence electrons. The number of benzene rings is 2. The number of carbonyl (C=O) groups is 2. The molecule has 2 aromatic carbocycles. The molecule has 8 nitrogen and oxygen atoms in total. The number of pyridine rings is 1. The molecule has 8 heteroatoms. The van der Waals surface area contributed by atoms with E-state index in [0.717, 1.165) is 23.3 Å². The average molecular weight is 487 g/mol. The number of nitrogens with zero attached hydrogens (tertiary/aromatic N) is 3. The second-order valence-electron chi connectivity index (χ2n) is 8.52. The van der Waals surface area contributed by atoms with Gasteiger partial charge in [0.1, 0.15) is 0 Å². The number of anilines is 1. The van der Waals surface area contributed by atoms with Crippen LogP contribution in [-0.2, 0) is 11.2 Å². The molecular formula is C28H30N4O4. The Hall–Kier alpha value is -4.20. The first-order valence-electron chi connectivity index (χ1n) is 11.9. The summed E-state index contributed by atoms with van der Waals surface area (Å²) >= 11 is 0. The number of hydrazone groups is 1. The third-order valence-corrected chi connectivity index (χ3v) is 6.24. The van der Waals surface area contributed by atoms with Gasteiger partial charge < -0.3 is 14.8 Å². The summed E-state index contributed by atoms with van der Waals surface area (Å²) < 4.78 is 10.8. The first-order valence-corrected chi connectivity index (χ1v) is 11.9. The van der Waals surface area contributed by atoms with Gasteiger partial charge >= 0.3 is 0 Å². The summed E-state index contributed by atoms with van der Waals surface area (Å²) in [5.41, 5.74) is 4.04. The fourth-order valence-electron chi connectivity index (χ4n) is 4.17. The smallest absolute Gasteiger partial charge is 0.257 e. The Balaban J connectivity index is 1.45. The maximum Gasteiger partial charge on any atom is 0.257 e. The number of hydrogen-bond acceptors (Lipinski definition) is 6. The summed E-state index contributed by atoms with van der Waals surface area (Å²) in [6, 6.07) is 16.8. The van der Waals surface area contributed by atoms with Crippen molar-refractivity contribution >= 4 is 23.2 Å². The van der Waals surface area contributed by atoms with Crippen molar-refractivity contribution < 1.29 is 19.1 Å². The van der Waals surface area contributed by atoms with Crippen LogP contribution in [0.5, 0.6) is 11.5 Å². The molecule has 2 heterocycles. The number of ether oxygens (including phenoxy) is 2. The highest BCUT2D eigenvalue weighted by atomic mass is 16.5. The Morgan fingerprint density at radius 3 is 2.53 bits per heavy atom. The Kier molecular flexibility index (Phi) is 7.95. The lowest BCUT2D eigenvalue weighted by Crippen LogP contribution is -2.38. The number of nitrogens with one attached hydrogen (secondary N) is 1. The minimum absolute atomic E-state index is 0.0198. The van der Waals surface area contributed by atoms with E-state index in [1.54, 1.807) is 37.6 Å². The van der Waals surface area contributed by atoms with Crippen LogP contribution in [0.1, 0.15) is 41.3 Å². The molecule has 1 aromatic heterocycles. The van der Waals surface area contributed by atoms with Crippen molar-refractivity contribution in [1.29, 1.82) is 0 Å². The largest absolute Gasteiger partial charge is 0.493 e. The molecule has 0 bridgehead atoms. The molecule has 2 amide bonds. The van der Waals surface area contributed by atoms with Gasteiger partial charge in [-0.1, -0.05) is 19.1 Å². The number of hydrogen-bond donors (Lipinski definition) is 1. The SMILES string of the molecule is CCC1CC(=O)N(CCc2ccc(NC(=O)c3cccnc3)cc2)N=C1c1ccc(OC)c(OC)c1. The van der Waals surface area contributed by atoms with Gasteiger partial charge in [-0.25, -0.2) is 5.01 Å². The molecule has 1 aliphatic heterocycles. The number of carbonyl (C=O) groups excluding carboxylic acids is 2. The fraction of sp³-hybridized carbons (Fsp3) is 0.286. The highest BCUT2D eigenvalue weighted by Gasteiger charge is 2.29. The van der Waals surface area contributed by atoms with E-state index < -0.39 is 0 Å². The maximum absolute atomic E-state index is 12.8. The fourth-order valence-corrected chi connectivity index (χ4v) is 4.17. The summed E-state index contributed by atoms with van der Waals surface area (Å²) in [7, 11) is 3.21. The van der Waals surface area contributed by atoms with E-state index in [2.05, 4.69) is 17.2 Å². The zero-order valence-corrected chi connectivity index (χ0v) is 20.7. The van der Waals surface area contributed by atoms with Gasteiger partial charge in [-0.15, -0.1) is 0 Å². The number of amides is 2. The van der Waals surface area contributed by atoms with Crippen LogP contribution in [0.4, 0.5) is 5.69 Å². The zero-order valence-electron chi connectivity index (χ0n) is 20.7. The molecule has 1 unspecified atom stereocenters. The van der Waals surface area contributed by atoms with Gasteiger partial charge in [0.25, 0.3) is 5.91 Å². The lowest BCUT2D eigenvalue weighted by atomic mass is 9.89. The van der Waals surface area contributed by atoms with Crippen LogP contribution in [-0.4, -0.2) is 48.3 Å². The molecule has 1 aliphatic rings.